The van der Waals surface area contributed by atoms with Gasteiger partial charge in [-0.2, -0.15) is 0 Å². The Morgan fingerprint density at radius 3 is 2.50 bits per heavy atom. The molecule has 0 aliphatic rings. The van der Waals surface area contributed by atoms with Crippen molar-refractivity contribution >= 4 is 40.5 Å². The number of nitrogens with two attached hydrogens (primary N) is 1. The normalized spacial score (nSPS) is 10.4. The molecule has 0 spiro atoms. The van der Waals surface area contributed by atoms with Crippen molar-refractivity contribution in [3.8, 4) is 5.75 Å². The Bertz CT molecular complexity index is 572. The van der Waals surface area contributed by atoms with Crippen molar-refractivity contribution < 1.29 is 4.74 Å². The lowest BCUT2D eigenvalue weighted by molar-refractivity contribution is 0.306. The summed E-state index contributed by atoms with van der Waals surface area (Å²) in [5.41, 5.74) is 6.95. The van der Waals surface area contributed by atoms with E-state index in [1.165, 1.54) is 0 Å². The number of anilines is 1. The van der Waals surface area contributed by atoms with Crippen LogP contribution in [0.4, 0.5) is 5.69 Å². The molecule has 0 aromatic heterocycles. The molecule has 0 heterocycles. The quantitative estimate of drug-likeness (QED) is 0.826. The summed E-state index contributed by atoms with van der Waals surface area (Å²) in [7, 11) is 0. The number of halogens is 3. The van der Waals surface area contributed by atoms with Crippen LogP contribution in [-0.2, 0) is 6.61 Å². The Labute approximate surface area is 120 Å². The first-order chi connectivity index (χ1) is 8.58. The molecule has 2 rings (SSSR count). The molecule has 2 N–H and O–H groups in total. The van der Waals surface area contributed by atoms with Crippen LogP contribution in [0.3, 0.4) is 0 Å². The average Bonchev–Trinajstić information content (AvgIpc) is 2.35. The fourth-order valence-corrected chi connectivity index (χ4v) is 1.96. The fraction of sp³-hybridized carbons (Fsp3) is 0.0769. The molecule has 0 saturated heterocycles. The van der Waals surface area contributed by atoms with Gasteiger partial charge in [0.1, 0.15) is 12.4 Å². The van der Waals surface area contributed by atoms with E-state index in [1.807, 2.05) is 12.1 Å². The minimum absolute atomic E-state index is 0.319. The van der Waals surface area contributed by atoms with Crippen molar-refractivity contribution in [2.45, 2.75) is 6.61 Å². The highest BCUT2D eigenvalue weighted by atomic mass is 35.5. The summed E-state index contributed by atoms with van der Waals surface area (Å²) in [6.07, 6.45) is 0. The molecule has 0 atom stereocenters. The lowest BCUT2D eigenvalue weighted by atomic mass is 10.2. The van der Waals surface area contributed by atoms with Gasteiger partial charge in [0, 0.05) is 11.6 Å². The predicted octanol–water partition coefficient (Wildman–Crippen LogP) is 4.81. The van der Waals surface area contributed by atoms with Gasteiger partial charge in [0.05, 0.1) is 20.8 Å². The van der Waals surface area contributed by atoms with Gasteiger partial charge in [0.2, 0.25) is 0 Å². The Morgan fingerprint density at radius 1 is 1.00 bits per heavy atom. The van der Waals surface area contributed by atoms with Gasteiger partial charge in [-0.15, -0.1) is 0 Å². The van der Waals surface area contributed by atoms with Crippen molar-refractivity contribution in [2.75, 3.05) is 5.73 Å². The Hall–Kier alpha value is -1.09. The maximum atomic E-state index is 6.06. The van der Waals surface area contributed by atoms with Crippen molar-refractivity contribution in [2.24, 2.45) is 0 Å². The number of benzene rings is 2. The monoisotopic (exact) mass is 301 g/mol. The number of rotatable bonds is 3. The minimum atomic E-state index is 0.319. The van der Waals surface area contributed by atoms with Crippen molar-refractivity contribution in [3.63, 3.8) is 0 Å². The van der Waals surface area contributed by atoms with Gasteiger partial charge < -0.3 is 10.5 Å². The number of ether oxygens (including phenoxy) is 1. The van der Waals surface area contributed by atoms with E-state index in [9.17, 15) is 0 Å². The van der Waals surface area contributed by atoms with Crippen LogP contribution in [-0.4, -0.2) is 0 Å². The molecule has 0 fully saturated rings. The number of nitrogen functional groups attached to an aromatic ring is 1. The van der Waals surface area contributed by atoms with Crippen molar-refractivity contribution in [1.29, 1.82) is 0 Å². The summed E-state index contributed by atoms with van der Waals surface area (Å²) in [6, 6.07) is 10.5. The molecule has 2 aromatic carbocycles. The highest BCUT2D eigenvalue weighted by Gasteiger charge is 2.05. The fourth-order valence-electron chi connectivity index (χ4n) is 1.42. The number of hydrogen-bond donors (Lipinski definition) is 1. The summed E-state index contributed by atoms with van der Waals surface area (Å²) < 4.78 is 5.58. The molecule has 2 aromatic rings. The van der Waals surface area contributed by atoms with Crippen LogP contribution in [0.5, 0.6) is 5.75 Å². The van der Waals surface area contributed by atoms with Gasteiger partial charge in [-0.05, 0) is 18.2 Å². The van der Waals surface area contributed by atoms with Crippen LogP contribution in [0.25, 0.3) is 0 Å². The second kappa shape index (κ2) is 5.70. The summed E-state index contributed by atoms with van der Waals surface area (Å²) in [5, 5.41) is 1.47. The van der Waals surface area contributed by atoms with Gasteiger partial charge in [-0.25, -0.2) is 0 Å². The second-order valence-corrected chi connectivity index (χ2v) is 4.88. The van der Waals surface area contributed by atoms with Gasteiger partial charge in [0.25, 0.3) is 0 Å². The van der Waals surface area contributed by atoms with E-state index in [4.69, 9.17) is 45.3 Å². The highest BCUT2D eigenvalue weighted by Crippen LogP contribution is 2.28. The molecule has 2 nitrogen and oxygen atoms in total. The zero-order chi connectivity index (χ0) is 13.1. The smallest absolute Gasteiger partial charge is 0.121 e. The maximum absolute atomic E-state index is 6.06. The molecule has 0 amide bonds. The topological polar surface area (TPSA) is 35.2 Å². The Morgan fingerprint density at radius 2 is 1.78 bits per heavy atom. The maximum Gasteiger partial charge on any atom is 0.121 e. The second-order valence-electron chi connectivity index (χ2n) is 3.68. The molecule has 5 heteroatoms. The predicted molar refractivity (Wildman–Crippen MR) is 76.7 cm³/mol. The molecule has 0 saturated carbocycles. The van der Waals surface area contributed by atoms with Crippen LogP contribution in [0.15, 0.2) is 36.4 Å². The van der Waals surface area contributed by atoms with E-state index in [-0.39, 0.29) is 0 Å². The third kappa shape index (κ3) is 3.02. The first-order valence-electron chi connectivity index (χ1n) is 5.18. The largest absolute Gasteiger partial charge is 0.489 e. The van der Waals surface area contributed by atoms with E-state index in [0.717, 1.165) is 5.56 Å². The van der Waals surface area contributed by atoms with Crippen LogP contribution >= 0.6 is 34.8 Å². The standard InChI is InChI=1S/C13H10Cl3NO/c14-10-3-1-2-8(13(10)16)7-18-9-4-5-12(17)11(15)6-9/h1-6H,7,17H2. The summed E-state index contributed by atoms with van der Waals surface area (Å²) in [4.78, 5) is 0. The van der Waals surface area contributed by atoms with E-state index in [0.29, 0.717) is 33.1 Å². The van der Waals surface area contributed by atoms with Crippen LogP contribution in [0, 0.1) is 0 Å². The van der Waals surface area contributed by atoms with E-state index >= 15 is 0 Å². The molecule has 18 heavy (non-hydrogen) atoms. The molecule has 0 aliphatic carbocycles. The molecule has 0 aliphatic heterocycles. The highest BCUT2D eigenvalue weighted by molar-refractivity contribution is 6.42. The zero-order valence-corrected chi connectivity index (χ0v) is 11.6. The van der Waals surface area contributed by atoms with Crippen molar-refractivity contribution in [3.05, 3.63) is 57.0 Å². The first kappa shape index (κ1) is 13.3. The van der Waals surface area contributed by atoms with Gasteiger partial charge in [-0.1, -0.05) is 46.9 Å². The third-order valence-electron chi connectivity index (χ3n) is 2.40. The molecule has 0 unspecified atom stereocenters. The van der Waals surface area contributed by atoms with E-state index in [1.54, 1.807) is 24.3 Å². The van der Waals surface area contributed by atoms with Crippen LogP contribution in [0.2, 0.25) is 15.1 Å². The van der Waals surface area contributed by atoms with Crippen LogP contribution in [0.1, 0.15) is 5.56 Å². The Kier molecular flexibility index (Phi) is 4.23. The summed E-state index contributed by atoms with van der Waals surface area (Å²) in [5.74, 6) is 0.630. The Balaban J connectivity index is 2.11. The molecular formula is C13H10Cl3NO. The molecule has 94 valence electrons. The van der Waals surface area contributed by atoms with E-state index in [2.05, 4.69) is 0 Å². The first-order valence-corrected chi connectivity index (χ1v) is 6.32. The number of hydrogen-bond acceptors (Lipinski definition) is 2. The summed E-state index contributed by atoms with van der Waals surface area (Å²) >= 11 is 17.9. The lowest BCUT2D eigenvalue weighted by Crippen LogP contribution is -1.97. The lowest BCUT2D eigenvalue weighted by Gasteiger charge is -2.09. The van der Waals surface area contributed by atoms with Gasteiger partial charge in [0.15, 0.2) is 0 Å². The minimum Gasteiger partial charge on any atom is -0.489 e. The van der Waals surface area contributed by atoms with Gasteiger partial charge >= 0.3 is 0 Å². The van der Waals surface area contributed by atoms with Crippen molar-refractivity contribution in [1.82, 2.24) is 0 Å². The van der Waals surface area contributed by atoms with Crippen LogP contribution < -0.4 is 10.5 Å². The van der Waals surface area contributed by atoms with E-state index < -0.39 is 0 Å². The third-order valence-corrected chi connectivity index (χ3v) is 3.58. The molecule has 0 bridgehead atoms. The SMILES string of the molecule is Nc1ccc(OCc2cccc(Cl)c2Cl)cc1Cl. The molecular weight excluding hydrogens is 293 g/mol. The average molecular weight is 303 g/mol. The zero-order valence-electron chi connectivity index (χ0n) is 9.29. The molecule has 0 radical (unpaired) electrons. The summed E-state index contributed by atoms with van der Waals surface area (Å²) in [6.45, 7) is 0.319. The van der Waals surface area contributed by atoms with Gasteiger partial charge in [-0.3, -0.25) is 0 Å².